The molecular formula is C23H25ClN4O2S2. The number of ether oxygens (including phenoxy) is 1. The van der Waals surface area contributed by atoms with E-state index in [4.69, 9.17) is 28.6 Å². The van der Waals surface area contributed by atoms with Crippen LogP contribution in [0.25, 0.3) is 0 Å². The molecule has 168 valence electrons. The maximum absolute atomic E-state index is 12.6. The van der Waals surface area contributed by atoms with Crippen LogP contribution in [0, 0.1) is 0 Å². The Kier molecular flexibility index (Phi) is 7.44. The molecule has 0 fully saturated rings. The highest BCUT2D eigenvalue weighted by Gasteiger charge is 2.25. The van der Waals surface area contributed by atoms with Crippen LogP contribution in [0.2, 0.25) is 5.02 Å². The Bertz CT molecular complexity index is 1110. The summed E-state index contributed by atoms with van der Waals surface area (Å²) in [6.07, 6.45) is 10.1. The Labute approximate surface area is 201 Å². The van der Waals surface area contributed by atoms with E-state index in [2.05, 4.69) is 15.7 Å². The van der Waals surface area contributed by atoms with Crippen molar-refractivity contribution in [1.29, 1.82) is 0 Å². The summed E-state index contributed by atoms with van der Waals surface area (Å²) in [6, 6.07) is 7.67. The van der Waals surface area contributed by atoms with Crippen molar-refractivity contribution in [3.8, 4) is 0 Å². The Morgan fingerprint density at radius 2 is 1.94 bits per heavy atom. The summed E-state index contributed by atoms with van der Waals surface area (Å²) < 4.78 is 6.91. The zero-order valence-electron chi connectivity index (χ0n) is 17.8. The molecule has 1 aliphatic carbocycles. The van der Waals surface area contributed by atoms with Gasteiger partial charge in [0.2, 0.25) is 0 Å². The molecule has 0 saturated carbocycles. The molecule has 3 aromatic rings. The van der Waals surface area contributed by atoms with Crippen LogP contribution >= 0.6 is 35.2 Å². The molecule has 0 bridgehead atoms. The van der Waals surface area contributed by atoms with E-state index < -0.39 is 0 Å². The fraction of sp³-hybridized carbons (Fsp3) is 0.348. The Morgan fingerprint density at radius 3 is 2.69 bits per heavy atom. The predicted molar refractivity (Wildman–Crippen MR) is 134 cm³/mol. The summed E-state index contributed by atoms with van der Waals surface area (Å²) in [5.41, 5.74) is 3.61. The van der Waals surface area contributed by atoms with E-state index >= 15 is 0 Å². The zero-order chi connectivity index (χ0) is 22.5. The number of aryl methyl sites for hydroxylation is 1. The summed E-state index contributed by atoms with van der Waals surface area (Å²) in [4.78, 5) is 13.8. The number of halogens is 1. The highest BCUT2D eigenvalue weighted by molar-refractivity contribution is 7.80. The second-order valence-corrected chi connectivity index (χ2v) is 9.70. The number of thiophene rings is 1. The van der Waals surface area contributed by atoms with Gasteiger partial charge in [0.25, 0.3) is 0 Å². The lowest BCUT2D eigenvalue weighted by Gasteiger charge is -2.11. The van der Waals surface area contributed by atoms with Crippen molar-refractivity contribution in [3.05, 3.63) is 63.2 Å². The lowest BCUT2D eigenvalue weighted by molar-refractivity contribution is 0.0601. The highest BCUT2D eigenvalue weighted by atomic mass is 35.5. The first-order valence-corrected chi connectivity index (χ1v) is 12.2. The van der Waals surface area contributed by atoms with Crippen molar-refractivity contribution in [2.24, 2.45) is 0 Å². The summed E-state index contributed by atoms with van der Waals surface area (Å²) in [6.45, 7) is 0.628. The number of fused-ring (bicyclic) bond motifs is 1. The Hall–Kier alpha value is -2.42. The number of thiocarbonyl (C=S) groups is 1. The molecule has 0 radical (unpaired) electrons. The molecule has 0 saturated heterocycles. The molecule has 1 aliphatic rings. The minimum atomic E-state index is -0.316. The van der Waals surface area contributed by atoms with Gasteiger partial charge in [0.15, 0.2) is 5.11 Å². The number of methoxy groups -OCH3 is 1. The van der Waals surface area contributed by atoms with Crippen molar-refractivity contribution in [1.82, 2.24) is 9.78 Å². The van der Waals surface area contributed by atoms with E-state index in [1.165, 1.54) is 24.8 Å². The molecule has 0 aliphatic heterocycles. The van der Waals surface area contributed by atoms with Gasteiger partial charge in [-0.1, -0.05) is 36.6 Å². The van der Waals surface area contributed by atoms with Gasteiger partial charge in [-0.25, -0.2) is 4.79 Å². The Balaban J connectivity index is 1.46. The van der Waals surface area contributed by atoms with Gasteiger partial charge >= 0.3 is 5.97 Å². The van der Waals surface area contributed by atoms with E-state index in [0.717, 1.165) is 47.5 Å². The van der Waals surface area contributed by atoms with Crippen LogP contribution in [0.15, 0.2) is 36.7 Å². The van der Waals surface area contributed by atoms with Crippen LogP contribution in [0.3, 0.4) is 0 Å². The van der Waals surface area contributed by atoms with Gasteiger partial charge in [-0.3, -0.25) is 4.68 Å². The summed E-state index contributed by atoms with van der Waals surface area (Å²) in [5, 5.41) is 12.6. The summed E-state index contributed by atoms with van der Waals surface area (Å²) in [5.74, 6) is -0.316. The monoisotopic (exact) mass is 488 g/mol. The number of nitrogens with one attached hydrogen (secondary N) is 2. The van der Waals surface area contributed by atoms with Crippen LogP contribution in [0.1, 0.15) is 52.0 Å². The molecule has 2 aromatic heterocycles. The van der Waals surface area contributed by atoms with Gasteiger partial charge in [-0.05, 0) is 61.2 Å². The minimum Gasteiger partial charge on any atom is -0.465 e. The lowest BCUT2D eigenvalue weighted by Crippen LogP contribution is -2.20. The number of aromatic nitrogens is 2. The SMILES string of the molecule is COC(=O)c1c(NC(=S)Nc2cnn(Cc3ccc(Cl)cc3)c2)sc2c1CCCCCC2. The molecule has 4 rings (SSSR count). The van der Waals surface area contributed by atoms with Gasteiger partial charge in [0.05, 0.1) is 31.1 Å². The third-order valence-corrected chi connectivity index (χ3v) is 7.10. The molecule has 6 nitrogen and oxygen atoms in total. The molecule has 2 N–H and O–H groups in total. The van der Waals surface area contributed by atoms with Crippen molar-refractivity contribution in [2.45, 2.75) is 45.1 Å². The van der Waals surface area contributed by atoms with Crippen molar-refractivity contribution >= 4 is 56.9 Å². The normalized spacial score (nSPS) is 13.6. The first kappa shape index (κ1) is 22.8. The van der Waals surface area contributed by atoms with Crippen LogP contribution in [0.5, 0.6) is 0 Å². The molecule has 0 unspecified atom stereocenters. The minimum absolute atomic E-state index is 0.316. The van der Waals surface area contributed by atoms with Crippen LogP contribution in [0.4, 0.5) is 10.7 Å². The lowest BCUT2D eigenvalue weighted by atomic mass is 9.96. The molecule has 0 atom stereocenters. The highest BCUT2D eigenvalue weighted by Crippen LogP contribution is 2.37. The van der Waals surface area contributed by atoms with Gasteiger partial charge in [-0.2, -0.15) is 5.10 Å². The number of carbonyl (C=O) groups excluding carboxylic acids is 1. The van der Waals surface area contributed by atoms with Crippen molar-refractivity contribution < 1.29 is 9.53 Å². The van der Waals surface area contributed by atoms with Crippen LogP contribution in [-0.4, -0.2) is 28.0 Å². The zero-order valence-corrected chi connectivity index (χ0v) is 20.2. The molecule has 0 amide bonds. The maximum Gasteiger partial charge on any atom is 0.341 e. The largest absolute Gasteiger partial charge is 0.465 e. The van der Waals surface area contributed by atoms with Gasteiger partial charge in [-0.15, -0.1) is 11.3 Å². The molecule has 2 heterocycles. The van der Waals surface area contributed by atoms with E-state index in [0.29, 0.717) is 22.2 Å². The molecule has 0 spiro atoms. The number of hydrogen-bond acceptors (Lipinski definition) is 5. The fourth-order valence-corrected chi connectivity index (χ4v) is 5.57. The average Bonchev–Trinajstić information content (AvgIpc) is 3.33. The third kappa shape index (κ3) is 5.49. The van der Waals surface area contributed by atoms with Crippen LogP contribution < -0.4 is 10.6 Å². The van der Waals surface area contributed by atoms with E-state index in [1.54, 1.807) is 17.5 Å². The molecular weight excluding hydrogens is 464 g/mol. The van der Waals surface area contributed by atoms with Gasteiger partial charge < -0.3 is 15.4 Å². The van der Waals surface area contributed by atoms with E-state index in [1.807, 2.05) is 35.1 Å². The maximum atomic E-state index is 12.6. The number of anilines is 2. The third-order valence-electron chi connectivity index (χ3n) is 5.44. The number of benzene rings is 1. The van der Waals surface area contributed by atoms with E-state index in [-0.39, 0.29) is 5.97 Å². The van der Waals surface area contributed by atoms with Gasteiger partial charge in [0.1, 0.15) is 5.00 Å². The molecule has 1 aromatic carbocycles. The Morgan fingerprint density at radius 1 is 1.19 bits per heavy atom. The molecule has 9 heteroatoms. The topological polar surface area (TPSA) is 68.2 Å². The van der Waals surface area contributed by atoms with E-state index in [9.17, 15) is 4.79 Å². The summed E-state index contributed by atoms with van der Waals surface area (Å²) >= 11 is 13.1. The predicted octanol–water partition coefficient (Wildman–Crippen LogP) is 5.90. The molecule has 32 heavy (non-hydrogen) atoms. The van der Waals surface area contributed by atoms with Crippen molar-refractivity contribution in [3.63, 3.8) is 0 Å². The standard InChI is InChI=1S/C23H25ClN4O2S2/c1-30-22(29)20-18-6-4-2-3-5-7-19(18)32-21(20)27-23(31)26-17-12-25-28(14-17)13-15-8-10-16(24)11-9-15/h8-12,14H,2-7,13H2,1H3,(H2,26,27,31). The van der Waals surface area contributed by atoms with Crippen molar-refractivity contribution in [2.75, 3.05) is 17.7 Å². The summed E-state index contributed by atoms with van der Waals surface area (Å²) in [7, 11) is 1.42. The second kappa shape index (κ2) is 10.5. The van der Waals surface area contributed by atoms with Crippen LogP contribution in [-0.2, 0) is 24.1 Å². The smallest absolute Gasteiger partial charge is 0.341 e. The van der Waals surface area contributed by atoms with Gasteiger partial charge in [0, 0.05) is 16.1 Å². The quantitative estimate of drug-likeness (QED) is 0.344. The number of esters is 1. The second-order valence-electron chi connectivity index (χ2n) is 7.75. The number of rotatable bonds is 5. The number of nitrogens with zero attached hydrogens (tertiary/aromatic N) is 2. The number of carbonyl (C=O) groups is 1. The first-order chi connectivity index (χ1) is 15.5. The fourth-order valence-electron chi connectivity index (χ4n) is 3.88. The number of hydrogen-bond donors (Lipinski definition) is 2. The average molecular weight is 489 g/mol. The first-order valence-electron chi connectivity index (χ1n) is 10.6.